The number of hydrogen-bond donors (Lipinski definition) is 1. The third-order valence-corrected chi connectivity index (χ3v) is 6.64. The van der Waals surface area contributed by atoms with Gasteiger partial charge in [0.25, 0.3) is 0 Å². The first kappa shape index (κ1) is 23.7. The molecule has 5 heterocycles. The molecule has 0 spiro atoms. The molecule has 0 fully saturated rings. The highest BCUT2D eigenvalue weighted by Gasteiger charge is 2.48. The molecule has 5 aromatic heterocycles. The van der Waals surface area contributed by atoms with Gasteiger partial charge >= 0.3 is 6.18 Å². The Balaban J connectivity index is 1.40. The van der Waals surface area contributed by atoms with Gasteiger partial charge in [0.15, 0.2) is 11.5 Å². The van der Waals surface area contributed by atoms with Crippen LogP contribution in [0.25, 0.3) is 11.5 Å². The van der Waals surface area contributed by atoms with Crippen LogP contribution in [0, 0.1) is 5.95 Å². The van der Waals surface area contributed by atoms with Crippen LogP contribution in [0.5, 0.6) is 0 Å². The Morgan fingerprint density at radius 1 is 1.13 bits per heavy atom. The molecule has 1 N–H and O–H groups in total. The number of halogens is 4. The van der Waals surface area contributed by atoms with Gasteiger partial charge in [0, 0.05) is 31.1 Å². The summed E-state index contributed by atoms with van der Waals surface area (Å²) < 4.78 is 58.5. The number of amides is 1. The lowest BCUT2D eigenvalue weighted by Crippen LogP contribution is -2.26. The van der Waals surface area contributed by atoms with Gasteiger partial charge in [0.05, 0.1) is 47.0 Å². The Bertz CT molecular complexity index is 1690. The monoisotopic (exact) mass is 526 g/mol. The second-order valence-electron chi connectivity index (χ2n) is 9.16. The molecule has 1 aliphatic rings. The van der Waals surface area contributed by atoms with Crippen molar-refractivity contribution >= 4 is 17.2 Å². The van der Waals surface area contributed by atoms with Crippen LogP contribution in [0.1, 0.15) is 41.8 Å². The van der Waals surface area contributed by atoms with Crippen molar-refractivity contribution in [1.82, 2.24) is 44.4 Å². The average Bonchev–Trinajstić information content (AvgIpc) is 3.64. The fraction of sp³-hybridized carbons (Fsp3) is 0.261. The number of nitrogens with zero attached hydrogens (tertiary/aromatic N) is 9. The topological polar surface area (TPSA) is 121 Å². The zero-order valence-electron chi connectivity index (χ0n) is 19.8. The van der Waals surface area contributed by atoms with Gasteiger partial charge in [-0.2, -0.15) is 32.9 Å². The summed E-state index contributed by atoms with van der Waals surface area (Å²) in [6.45, 7) is 1.86. The molecule has 194 valence electrons. The third-order valence-electron chi connectivity index (χ3n) is 6.64. The van der Waals surface area contributed by atoms with Gasteiger partial charge in [-0.15, -0.1) is 9.90 Å². The van der Waals surface area contributed by atoms with Crippen LogP contribution < -0.4 is 5.32 Å². The average molecular weight is 526 g/mol. The van der Waals surface area contributed by atoms with Crippen molar-refractivity contribution in [3.8, 4) is 5.82 Å². The Morgan fingerprint density at radius 2 is 1.89 bits per heavy atom. The molecule has 0 aromatic carbocycles. The predicted octanol–water partition coefficient (Wildman–Crippen LogP) is 3.03. The van der Waals surface area contributed by atoms with Gasteiger partial charge in [0.1, 0.15) is 5.56 Å². The number of pyridine rings is 1. The van der Waals surface area contributed by atoms with Crippen LogP contribution in [-0.2, 0) is 23.4 Å². The number of anilines is 1. The summed E-state index contributed by atoms with van der Waals surface area (Å²) in [5.74, 6) is -2.69. The van der Waals surface area contributed by atoms with Crippen LogP contribution in [0.15, 0.2) is 49.2 Å². The second kappa shape index (κ2) is 8.16. The number of carbonyl (C=O) groups excluding carboxylic acids is 1. The largest absolute Gasteiger partial charge is 0.420 e. The predicted molar refractivity (Wildman–Crippen MR) is 123 cm³/mol. The Morgan fingerprint density at radius 3 is 2.58 bits per heavy atom. The minimum absolute atomic E-state index is 0.162. The summed E-state index contributed by atoms with van der Waals surface area (Å²) in [4.78, 5) is 22.4. The lowest BCUT2D eigenvalue weighted by atomic mass is 9.82. The molecule has 5 aromatic rings. The molecule has 1 aliphatic carbocycles. The first-order valence-electron chi connectivity index (χ1n) is 11.3. The zero-order chi connectivity index (χ0) is 26.8. The maximum atomic E-state index is 14.1. The van der Waals surface area contributed by atoms with E-state index in [1.807, 2.05) is 6.92 Å². The fourth-order valence-electron chi connectivity index (χ4n) is 4.96. The van der Waals surface area contributed by atoms with Crippen molar-refractivity contribution in [3.63, 3.8) is 0 Å². The van der Waals surface area contributed by atoms with Crippen molar-refractivity contribution in [1.29, 1.82) is 0 Å². The molecule has 0 radical (unpaired) electrons. The van der Waals surface area contributed by atoms with Gasteiger partial charge in [-0.3, -0.25) is 9.48 Å². The highest BCUT2D eigenvalue weighted by atomic mass is 19.4. The van der Waals surface area contributed by atoms with Gasteiger partial charge in [-0.05, 0) is 25.5 Å². The molecular formula is C23H18F4N10O. The number of aromatic nitrogens is 9. The summed E-state index contributed by atoms with van der Waals surface area (Å²) >= 11 is 0. The standard InChI is InChI=1S/C23H18F4N10O/c1-22(16-3-6-35(2)33-16)9-13(14-11-28-18-8-17(24)34-36(18)19(14)22)21(38)32-12-7-15(23(25,26)27)20(29-10-12)37-30-4-5-31-37/h3-8,10-11,13H,9H2,1-2H3,(H,32,38). The Kier molecular flexibility index (Phi) is 5.09. The molecule has 11 nitrogen and oxygen atoms in total. The van der Waals surface area contributed by atoms with E-state index in [-0.39, 0.29) is 17.8 Å². The van der Waals surface area contributed by atoms with Crippen molar-refractivity contribution < 1.29 is 22.4 Å². The molecule has 2 atom stereocenters. The number of fused-ring (bicyclic) bond motifs is 3. The van der Waals surface area contributed by atoms with Crippen LogP contribution in [-0.4, -0.2) is 50.3 Å². The number of alkyl halides is 3. The quantitative estimate of drug-likeness (QED) is 0.358. The van der Waals surface area contributed by atoms with Gasteiger partial charge in [-0.25, -0.2) is 14.5 Å². The number of aryl methyl sites for hydroxylation is 1. The van der Waals surface area contributed by atoms with E-state index in [1.165, 1.54) is 29.2 Å². The molecule has 6 rings (SSSR count). The molecule has 0 saturated carbocycles. The smallest absolute Gasteiger partial charge is 0.324 e. The summed E-state index contributed by atoms with van der Waals surface area (Å²) in [5, 5.41) is 18.4. The van der Waals surface area contributed by atoms with Gasteiger partial charge in [-0.1, -0.05) is 0 Å². The Labute approximate surface area is 211 Å². The van der Waals surface area contributed by atoms with Crippen LogP contribution in [0.3, 0.4) is 0 Å². The lowest BCUT2D eigenvalue weighted by Gasteiger charge is -2.23. The van der Waals surface area contributed by atoms with Gasteiger partial charge in [0.2, 0.25) is 11.9 Å². The molecule has 0 aliphatic heterocycles. The van der Waals surface area contributed by atoms with E-state index >= 15 is 0 Å². The van der Waals surface area contributed by atoms with E-state index < -0.39 is 40.7 Å². The van der Waals surface area contributed by atoms with E-state index in [0.717, 1.165) is 17.1 Å². The second-order valence-corrected chi connectivity index (χ2v) is 9.16. The molecule has 15 heteroatoms. The number of hydrogen-bond acceptors (Lipinski definition) is 7. The van der Waals surface area contributed by atoms with Crippen molar-refractivity contribution in [3.05, 3.63) is 77.6 Å². The maximum absolute atomic E-state index is 14.1. The maximum Gasteiger partial charge on any atom is 0.420 e. The summed E-state index contributed by atoms with van der Waals surface area (Å²) in [6.07, 6.45) is 2.18. The first-order valence-corrected chi connectivity index (χ1v) is 11.3. The highest BCUT2D eigenvalue weighted by molar-refractivity contribution is 5.97. The zero-order valence-corrected chi connectivity index (χ0v) is 19.8. The van der Waals surface area contributed by atoms with Crippen molar-refractivity contribution in [2.75, 3.05) is 5.32 Å². The molecule has 38 heavy (non-hydrogen) atoms. The molecule has 2 unspecified atom stereocenters. The van der Waals surface area contributed by atoms with Crippen LogP contribution in [0.4, 0.5) is 23.2 Å². The molecular weight excluding hydrogens is 508 g/mol. The summed E-state index contributed by atoms with van der Waals surface area (Å²) in [5.41, 5.74) is -0.281. The summed E-state index contributed by atoms with van der Waals surface area (Å²) in [7, 11) is 1.75. The minimum Gasteiger partial charge on any atom is -0.324 e. The third kappa shape index (κ3) is 3.69. The lowest BCUT2D eigenvalue weighted by molar-refractivity contribution is -0.137. The fourth-order valence-corrected chi connectivity index (χ4v) is 4.96. The van der Waals surface area contributed by atoms with Gasteiger partial charge < -0.3 is 5.32 Å². The molecule has 1 amide bonds. The van der Waals surface area contributed by atoms with Crippen molar-refractivity contribution in [2.45, 2.75) is 30.9 Å². The minimum atomic E-state index is -4.78. The van der Waals surface area contributed by atoms with E-state index in [1.54, 1.807) is 24.0 Å². The Hall–Kier alpha value is -4.69. The molecule has 0 bridgehead atoms. The number of nitrogens with one attached hydrogen (secondary N) is 1. The summed E-state index contributed by atoms with van der Waals surface area (Å²) in [6, 6.07) is 3.74. The van der Waals surface area contributed by atoms with E-state index in [0.29, 0.717) is 17.0 Å². The van der Waals surface area contributed by atoms with Crippen LogP contribution >= 0.6 is 0 Å². The van der Waals surface area contributed by atoms with Crippen LogP contribution in [0.2, 0.25) is 0 Å². The van der Waals surface area contributed by atoms with E-state index in [4.69, 9.17) is 0 Å². The number of carbonyl (C=O) groups is 1. The SMILES string of the molecule is Cn1ccc(C2(C)CC(C(=O)Nc3cnc(-n4nccn4)c(C(F)(F)F)c3)c3cnc4cc(F)nn4c32)n1. The molecule has 0 saturated heterocycles. The van der Waals surface area contributed by atoms with E-state index in [2.05, 4.69) is 35.7 Å². The normalized spacial score (nSPS) is 19.2. The van der Waals surface area contributed by atoms with Crippen molar-refractivity contribution in [2.24, 2.45) is 7.05 Å². The number of rotatable bonds is 4. The highest BCUT2D eigenvalue weighted by Crippen LogP contribution is 2.49. The van der Waals surface area contributed by atoms with E-state index in [9.17, 15) is 22.4 Å². The first-order chi connectivity index (χ1) is 18.0.